The largest absolute Gasteiger partial charge is 0.481 e. The zero-order valence-electron chi connectivity index (χ0n) is 10.7. The first-order valence-electron chi connectivity index (χ1n) is 5.87. The van der Waals surface area contributed by atoms with Crippen molar-refractivity contribution in [1.29, 1.82) is 0 Å². The van der Waals surface area contributed by atoms with E-state index in [4.69, 9.17) is 5.11 Å². The van der Waals surface area contributed by atoms with Crippen LogP contribution >= 0.6 is 0 Å². The Morgan fingerprint density at radius 1 is 1.53 bits per heavy atom. The highest BCUT2D eigenvalue weighted by Crippen LogP contribution is 2.10. The van der Waals surface area contributed by atoms with Gasteiger partial charge < -0.3 is 5.11 Å². The van der Waals surface area contributed by atoms with Crippen molar-refractivity contribution in [1.82, 2.24) is 9.88 Å². The van der Waals surface area contributed by atoms with E-state index in [1.165, 1.54) is 0 Å². The van der Waals surface area contributed by atoms with E-state index < -0.39 is 5.97 Å². The van der Waals surface area contributed by atoms with Gasteiger partial charge in [-0.05, 0) is 32.4 Å². The average molecular weight is 236 g/mol. The van der Waals surface area contributed by atoms with Gasteiger partial charge in [0, 0.05) is 25.3 Å². The van der Waals surface area contributed by atoms with Crippen molar-refractivity contribution in [2.75, 3.05) is 6.54 Å². The summed E-state index contributed by atoms with van der Waals surface area (Å²) in [5.74, 6) is -0.756. The summed E-state index contributed by atoms with van der Waals surface area (Å²) in [6, 6.07) is 4.25. The summed E-state index contributed by atoms with van der Waals surface area (Å²) in [5, 5.41) is 8.72. The SMILES string of the molecule is Cc1cccnc1CN(CCC(=O)O)C(C)C. The summed E-state index contributed by atoms with van der Waals surface area (Å²) in [4.78, 5) is 17.1. The summed E-state index contributed by atoms with van der Waals surface area (Å²) in [6.07, 6.45) is 1.95. The Kier molecular flexibility index (Phi) is 5.10. The number of carboxylic acids is 1. The standard InChI is InChI=1S/C13H20N2O2/c1-10(2)15(8-6-13(16)17)9-12-11(3)5-4-7-14-12/h4-5,7,10H,6,8-9H2,1-3H3,(H,16,17). The molecular weight excluding hydrogens is 216 g/mol. The smallest absolute Gasteiger partial charge is 0.304 e. The number of rotatable bonds is 6. The van der Waals surface area contributed by atoms with Crippen molar-refractivity contribution in [2.45, 2.75) is 39.8 Å². The Morgan fingerprint density at radius 3 is 2.76 bits per heavy atom. The Hall–Kier alpha value is -1.42. The Morgan fingerprint density at radius 2 is 2.24 bits per heavy atom. The molecule has 0 aromatic carbocycles. The molecule has 0 spiro atoms. The van der Waals surface area contributed by atoms with Crippen LogP contribution in [-0.2, 0) is 11.3 Å². The molecule has 0 saturated heterocycles. The molecule has 0 radical (unpaired) electrons. The first-order chi connectivity index (χ1) is 8.00. The maximum Gasteiger partial charge on any atom is 0.304 e. The van der Waals surface area contributed by atoms with Crippen LogP contribution in [0, 0.1) is 6.92 Å². The molecule has 0 bridgehead atoms. The van der Waals surface area contributed by atoms with Gasteiger partial charge in [-0.15, -0.1) is 0 Å². The number of hydrogen-bond acceptors (Lipinski definition) is 3. The predicted octanol–water partition coefficient (Wildman–Crippen LogP) is 2.08. The minimum absolute atomic E-state index is 0.171. The van der Waals surface area contributed by atoms with E-state index in [-0.39, 0.29) is 6.42 Å². The third-order valence-corrected chi connectivity index (χ3v) is 2.81. The van der Waals surface area contributed by atoms with Crippen molar-refractivity contribution in [3.05, 3.63) is 29.6 Å². The van der Waals surface area contributed by atoms with Gasteiger partial charge in [-0.1, -0.05) is 6.07 Å². The lowest BCUT2D eigenvalue weighted by Crippen LogP contribution is -2.33. The first kappa shape index (κ1) is 13.6. The van der Waals surface area contributed by atoms with E-state index in [9.17, 15) is 4.79 Å². The number of aromatic nitrogens is 1. The van der Waals surface area contributed by atoms with Crippen molar-refractivity contribution in [3.63, 3.8) is 0 Å². The van der Waals surface area contributed by atoms with Gasteiger partial charge in [-0.2, -0.15) is 0 Å². The Balaban J connectivity index is 2.67. The van der Waals surface area contributed by atoms with Crippen LogP contribution in [0.3, 0.4) is 0 Å². The van der Waals surface area contributed by atoms with E-state index in [0.29, 0.717) is 19.1 Å². The van der Waals surface area contributed by atoms with Gasteiger partial charge in [0.1, 0.15) is 0 Å². The molecule has 94 valence electrons. The van der Waals surface area contributed by atoms with Crippen LogP contribution < -0.4 is 0 Å². The molecule has 1 N–H and O–H groups in total. The van der Waals surface area contributed by atoms with E-state index in [1.54, 1.807) is 6.20 Å². The Bertz CT molecular complexity index is 377. The molecular formula is C13H20N2O2. The van der Waals surface area contributed by atoms with Crippen LogP contribution in [0.25, 0.3) is 0 Å². The lowest BCUT2D eigenvalue weighted by atomic mass is 10.2. The van der Waals surface area contributed by atoms with Gasteiger partial charge in [-0.3, -0.25) is 14.7 Å². The third kappa shape index (κ3) is 4.53. The minimum Gasteiger partial charge on any atom is -0.481 e. The maximum atomic E-state index is 10.6. The molecule has 1 aromatic heterocycles. The fraction of sp³-hybridized carbons (Fsp3) is 0.538. The quantitative estimate of drug-likeness (QED) is 0.821. The monoisotopic (exact) mass is 236 g/mol. The fourth-order valence-electron chi connectivity index (χ4n) is 1.64. The highest BCUT2D eigenvalue weighted by molar-refractivity contribution is 5.66. The lowest BCUT2D eigenvalue weighted by Gasteiger charge is -2.25. The second kappa shape index (κ2) is 6.35. The lowest BCUT2D eigenvalue weighted by molar-refractivity contribution is -0.137. The highest BCUT2D eigenvalue weighted by Gasteiger charge is 2.13. The number of carbonyl (C=O) groups is 1. The number of aryl methyl sites for hydroxylation is 1. The summed E-state index contributed by atoms with van der Waals surface area (Å²) in [6.45, 7) is 7.43. The van der Waals surface area contributed by atoms with Crippen molar-refractivity contribution in [3.8, 4) is 0 Å². The predicted molar refractivity (Wildman–Crippen MR) is 66.8 cm³/mol. The zero-order chi connectivity index (χ0) is 12.8. The number of hydrogen-bond donors (Lipinski definition) is 1. The molecule has 1 rings (SSSR count). The van der Waals surface area contributed by atoms with E-state index in [0.717, 1.165) is 11.3 Å². The molecule has 1 aromatic rings. The van der Waals surface area contributed by atoms with Gasteiger partial charge in [0.15, 0.2) is 0 Å². The molecule has 4 heteroatoms. The number of carboxylic acid groups (broad SMARTS) is 1. The second-order valence-electron chi connectivity index (χ2n) is 4.47. The van der Waals surface area contributed by atoms with Crippen LogP contribution in [0.2, 0.25) is 0 Å². The third-order valence-electron chi connectivity index (χ3n) is 2.81. The van der Waals surface area contributed by atoms with E-state index in [2.05, 4.69) is 23.7 Å². The summed E-state index contributed by atoms with van der Waals surface area (Å²) in [5.41, 5.74) is 2.17. The number of nitrogens with zero attached hydrogens (tertiary/aromatic N) is 2. The molecule has 4 nitrogen and oxygen atoms in total. The van der Waals surface area contributed by atoms with Crippen molar-refractivity contribution < 1.29 is 9.90 Å². The van der Waals surface area contributed by atoms with Crippen molar-refractivity contribution in [2.24, 2.45) is 0 Å². The minimum atomic E-state index is -0.756. The van der Waals surface area contributed by atoms with Crippen LogP contribution in [0.5, 0.6) is 0 Å². The summed E-state index contributed by atoms with van der Waals surface area (Å²) < 4.78 is 0. The molecule has 17 heavy (non-hydrogen) atoms. The molecule has 0 aliphatic heterocycles. The van der Waals surface area contributed by atoms with Crippen LogP contribution in [-0.4, -0.2) is 33.5 Å². The molecule has 0 atom stereocenters. The molecule has 1 heterocycles. The molecule has 0 fully saturated rings. The molecule has 0 saturated carbocycles. The van der Waals surface area contributed by atoms with Crippen LogP contribution in [0.4, 0.5) is 0 Å². The van der Waals surface area contributed by atoms with Gasteiger partial charge in [-0.25, -0.2) is 0 Å². The van der Waals surface area contributed by atoms with Crippen molar-refractivity contribution >= 4 is 5.97 Å². The summed E-state index contributed by atoms with van der Waals surface area (Å²) >= 11 is 0. The normalized spacial score (nSPS) is 11.1. The van der Waals surface area contributed by atoms with E-state index >= 15 is 0 Å². The summed E-state index contributed by atoms with van der Waals surface area (Å²) in [7, 11) is 0. The molecule has 0 aliphatic carbocycles. The van der Waals surface area contributed by atoms with Crippen LogP contribution in [0.15, 0.2) is 18.3 Å². The topological polar surface area (TPSA) is 53.4 Å². The Labute approximate surface area is 102 Å². The average Bonchev–Trinajstić information content (AvgIpc) is 2.25. The molecule has 0 aliphatic rings. The fourth-order valence-corrected chi connectivity index (χ4v) is 1.64. The van der Waals surface area contributed by atoms with Gasteiger partial charge in [0.2, 0.25) is 0 Å². The highest BCUT2D eigenvalue weighted by atomic mass is 16.4. The zero-order valence-corrected chi connectivity index (χ0v) is 10.7. The van der Waals surface area contributed by atoms with Gasteiger partial charge in [0.05, 0.1) is 12.1 Å². The van der Waals surface area contributed by atoms with Gasteiger partial charge in [0.25, 0.3) is 0 Å². The molecule has 0 unspecified atom stereocenters. The number of pyridine rings is 1. The van der Waals surface area contributed by atoms with Gasteiger partial charge >= 0.3 is 5.97 Å². The maximum absolute atomic E-state index is 10.6. The van der Waals surface area contributed by atoms with E-state index in [1.807, 2.05) is 19.1 Å². The van der Waals surface area contributed by atoms with Crippen LogP contribution in [0.1, 0.15) is 31.5 Å². The first-order valence-corrected chi connectivity index (χ1v) is 5.87. The second-order valence-corrected chi connectivity index (χ2v) is 4.47. The molecule has 0 amide bonds. The number of aliphatic carboxylic acids is 1.